The van der Waals surface area contributed by atoms with Crippen molar-refractivity contribution in [3.8, 4) is 0 Å². The van der Waals surface area contributed by atoms with Crippen molar-refractivity contribution >= 4 is 21.7 Å². The largest absolute Gasteiger partial charge is 0.288 e. The van der Waals surface area contributed by atoms with Crippen LogP contribution >= 0.6 is 15.9 Å². The van der Waals surface area contributed by atoms with Crippen molar-refractivity contribution in [3.63, 3.8) is 0 Å². The zero-order valence-electron chi connectivity index (χ0n) is 9.15. The molecule has 1 aromatic carbocycles. The lowest BCUT2D eigenvalue weighted by atomic mass is 10.1. The lowest BCUT2D eigenvalue weighted by molar-refractivity contribution is 0.103. The van der Waals surface area contributed by atoms with Crippen LogP contribution < -0.4 is 0 Å². The SMILES string of the molecule is CCn1cc(C(=O)c2c(F)cccc2Br)cn1. The molecule has 0 unspecified atom stereocenters. The van der Waals surface area contributed by atoms with Crippen LogP contribution in [0.2, 0.25) is 0 Å². The number of halogens is 2. The highest BCUT2D eigenvalue weighted by atomic mass is 79.9. The first kappa shape index (κ1) is 12.0. The molecule has 0 amide bonds. The summed E-state index contributed by atoms with van der Waals surface area (Å²) in [7, 11) is 0. The summed E-state index contributed by atoms with van der Waals surface area (Å²) in [5, 5.41) is 4.00. The summed E-state index contributed by atoms with van der Waals surface area (Å²) in [6, 6.07) is 4.45. The Morgan fingerprint density at radius 2 is 2.29 bits per heavy atom. The molecule has 0 aliphatic carbocycles. The second-order valence-corrected chi connectivity index (χ2v) is 4.36. The molecule has 3 nitrogen and oxygen atoms in total. The van der Waals surface area contributed by atoms with Crippen LogP contribution in [0.15, 0.2) is 35.1 Å². The highest BCUT2D eigenvalue weighted by Gasteiger charge is 2.18. The third-order valence-corrected chi connectivity index (χ3v) is 3.07. The Morgan fingerprint density at radius 1 is 1.53 bits per heavy atom. The monoisotopic (exact) mass is 296 g/mol. The van der Waals surface area contributed by atoms with Crippen LogP contribution in [-0.4, -0.2) is 15.6 Å². The van der Waals surface area contributed by atoms with Gasteiger partial charge in [-0.1, -0.05) is 6.07 Å². The highest BCUT2D eigenvalue weighted by Crippen LogP contribution is 2.22. The van der Waals surface area contributed by atoms with Crippen molar-refractivity contribution in [2.45, 2.75) is 13.5 Å². The fraction of sp³-hybridized carbons (Fsp3) is 0.167. The van der Waals surface area contributed by atoms with E-state index in [9.17, 15) is 9.18 Å². The minimum Gasteiger partial charge on any atom is -0.288 e. The molecule has 1 heterocycles. The van der Waals surface area contributed by atoms with E-state index in [0.717, 1.165) is 0 Å². The third-order valence-electron chi connectivity index (χ3n) is 2.41. The zero-order valence-corrected chi connectivity index (χ0v) is 10.7. The molecule has 0 radical (unpaired) electrons. The average molecular weight is 297 g/mol. The van der Waals surface area contributed by atoms with E-state index in [-0.39, 0.29) is 11.3 Å². The van der Waals surface area contributed by atoms with Crippen LogP contribution in [-0.2, 0) is 6.54 Å². The summed E-state index contributed by atoms with van der Waals surface area (Å²) in [4.78, 5) is 12.1. The molecule has 5 heteroatoms. The van der Waals surface area contributed by atoms with Crippen LogP contribution in [0.25, 0.3) is 0 Å². The van der Waals surface area contributed by atoms with Crippen LogP contribution in [0.5, 0.6) is 0 Å². The van der Waals surface area contributed by atoms with Gasteiger partial charge in [-0.2, -0.15) is 5.10 Å². The van der Waals surface area contributed by atoms with E-state index < -0.39 is 5.82 Å². The number of hydrogen-bond acceptors (Lipinski definition) is 2. The lowest BCUT2D eigenvalue weighted by Crippen LogP contribution is -2.04. The van der Waals surface area contributed by atoms with E-state index in [1.165, 1.54) is 12.3 Å². The number of benzene rings is 1. The Morgan fingerprint density at radius 3 is 2.88 bits per heavy atom. The van der Waals surface area contributed by atoms with E-state index in [2.05, 4.69) is 21.0 Å². The fourth-order valence-electron chi connectivity index (χ4n) is 1.51. The predicted molar refractivity (Wildman–Crippen MR) is 65.4 cm³/mol. The van der Waals surface area contributed by atoms with Gasteiger partial charge in [-0.3, -0.25) is 9.48 Å². The van der Waals surface area contributed by atoms with Gasteiger partial charge in [0.15, 0.2) is 5.78 Å². The molecule has 0 fully saturated rings. The number of rotatable bonds is 3. The minimum atomic E-state index is -0.534. The topological polar surface area (TPSA) is 34.9 Å². The van der Waals surface area contributed by atoms with Crippen LogP contribution in [0.4, 0.5) is 4.39 Å². The molecule has 0 saturated carbocycles. The molecule has 0 atom stereocenters. The van der Waals surface area contributed by atoms with Gasteiger partial charge in [-0.05, 0) is 35.0 Å². The van der Waals surface area contributed by atoms with Crippen molar-refractivity contribution in [2.24, 2.45) is 0 Å². The molecule has 0 bridgehead atoms. The van der Waals surface area contributed by atoms with E-state index in [1.807, 2.05) is 6.92 Å². The minimum absolute atomic E-state index is 0.0446. The normalized spacial score (nSPS) is 10.5. The van der Waals surface area contributed by atoms with Gasteiger partial charge < -0.3 is 0 Å². The van der Waals surface area contributed by atoms with Crippen LogP contribution in [0, 0.1) is 5.82 Å². The summed E-state index contributed by atoms with van der Waals surface area (Å²) in [6.45, 7) is 2.59. The molecule has 0 spiro atoms. The van der Waals surface area contributed by atoms with Crippen molar-refractivity contribution < 1.29 is 9.18 Å². The first-order valence-corrected chi connectivity index (χ1v) is 5.94. The van der Waals surface area contributed by atoms with E-state index in [4.69, 9.17) is 0 Å². The second kappa shape index (κ2) is 4.79. The number of aromatic nitrogens is 2. The number of hydrogen-bond donors (Lipinski definition) is 0. The number of nitrogens with zero attached hydrogens (tertiary/aromatic N) is 2. The maximum Gasteiger partial charge on any atom is 0.200 e. The van der Waals surface area contributed by atoms with Gasteiger partial charge in [0, 0.05) is 17.2 Å². The maximum atomic E-state index is 13.6. The summed E-state index contributed by atoms with van der Waals surface area (Å²) in [5.41, 5.74) is 0.431. The van der Waals surface area contributed by atoms with Gasteiger partial charge in [-0.25, -0.2) is 4.39 Å². The van der Waals surface area contributed by atoms with Gasteiger partial charge in [0.2, 0.25) is 0 Å². The molecule has 88 valence electrons. The van der Waals surface area contributed by atoms with Gasteiger partial charge in [-0.15, -0.1) is 0 Å². The van der Waals surface area contributed by atoms with Crippen molar-refractivity contribution in [1.82, 2.24) is 9.78 Å². The van der Waals surface area contributed by atoms with Gasteiger partial charge in [0.1, 0.15) is 5.82 Å². The predicted octanol–water partition coefficient (Wildman–Crippen LogP) is 3.04. The van der Waals surface area contributed by atoms with Crippen LogP contribution in [0.1, 0.15) is 22.8 Å². The molecule has 2 rings (SSSR count). The summed E-state index contributed by atoms with van der Waals surface area (Å²) >= 11 is 3.18. The molecule has 0 aliphatic heterocycles. The average Bonchev–Trinajstić information content (AvgIpc) is 2.77. The first-order valence-electron chi connectivity index (χ1n) is 5.14. The first-order chi connectivity index (χ1) is 8.13. The smallest absolute Gasteiger partial charge is 0.200 e. The number of carbonyl (C=O) groups is 1. The maximum absolute atomic E-state index is 13.6. The van der Waals surface area contributed by atoms with E-state index in [0.29, 0.717) is 16.6 Å². The quantitative estimate of drug-likeness (QED) is 0.816. The molecule has 1 aromatic heterocycles. The molecule has 0 saturated heterocycles. The standard InChI is InChI=1S/C12H10BrFN2O/c1-2-16-7-8(6-15-16)12(17)11-9(13)4-3-5-10(11)14/h3-7H,2H2,1H3. The van der Waals surface area contributed by atoms with Crippen LogP contribution in [0.3, 0.4) is 0 Å². The van der Waals surface area contributed by atoms with Gasteiger partial charge >= 0.3 is 0 Å². The summed E-state index contributed by atoms with van der Waals surface area (Å²) in [6.07, 6.45) is 3.06. The molecule has 0 N–H and O–H groups in total. The molecular formula is C12H10BrFN2O. The molecule has 17 heavy (non-hydrogen) atoms. The van der Waals surface area contributed by atoms with Gasteiger partial charge in [0.25, 0.3) is 0 Å². The Hall–Kier alpha value is -1.49. The zero-order chi connectivity index (χ0) is 12.4. The third kappa shape index (κ3) is 2.29. The Kier molecular flexibility index (Phi) is 3.38. The van der Waals surface area contributed by atoms with Crippen molar-refractivity contribution in [3.05, 3.63) is 52.0 Å². The summed E-state index contributed by atoms with van der Waals surface area (Å²) in [5.74, 6) is -0.900. The van der Waals surface area contributed by atoms with E-state index in [1.54, 1.807) is 23.0 Å². The highest BCUT2D eigenvalue weighted by molar-refractivity contribution is 9.10. The number of ketones is 1. The Labute approximate surface area is 106 Å². The lowest BCUT2D eigenvalue weighted by Gasteiger charge is -2.02. The van der Waals surface area contributed by atoms with Gasteiger partial charge in [0.05, 0.1) is 17.3 Å². The summed E-state index contributed by atoms with van der Waals surface area (Å²) < 4.78 is 15.7. The van der Waals surface area contributed by atoms with Crippen molar-refractivity contribution in [1.29, 1.82) is 0 Å². The number of carbonyl (C=O) groups excluding carboxylic acids is 1. The Bertz CT molecular complexity index is 545. The van der Waals surface area contributed by atoms with E-state index >= 15 is 0 Å². The molecule has 2 aromatic rings. The molecular weight excluding hydrogens is 287 g/mol. The molecule has 0 aliphatic rings. The Balaban J connectivity index is 2.43. The van der Waals surface area contributed by atoms with Crippen molar-refractivity contribution in [2.75, 3.05) is 0 Å². The fourth-order valence-corrected chi connectivity index (χ4v) is 2.03. The number of aryl methyl sites for hydroxylation is 1. The second-order valence-electron chi connectivity index (χ2n) is 3.51.